The van der Waals surface area contributed by atoms with Crippen molar-refractivity contribution in [3.05, 3.63) is 21.7 Å². The number of nitrogens with zero attached hydrogens (tertiary/aromatic N) is 1. The van der Waals surface area contributed by atoms with Gasteiger partial charge in [-0.3, -0.25) is 0 Å². The Balaban J connectivity index is 3.50. The van der Waals surface area contributed by atoms with E-state index in [9.17, 15) is 0 Å². The number of methoxy groups -OCH3 is 2. The topological polar surface area (TPSA) is 42.2 Å². The minimum atomic E-state index is 0.578. The van der Waals surface area contributed by atoms with Crippen molar-refractivity contribution in [2.24, 2.45) is 0 Å². The number of benzene rings is 1. The highest BCUT2D eigenvalue weighted by Gasteiger charge is 2.15. The molecule has 0 radical (unpaired) electrons. The first-order chi connectivity index (χ1) is 6.65. The molecular weight excluding hydrogens is 246 g/mol. The van der Waals surface area contributed by atoms with E-state index in [0.29, 0.717) is 17.1 Å². The van der Waals surface area contributed by atoms with Gasteiger partial charge in [0.2, 0.25) is 0 Å². The number of hydrogen-bond acceptors (Lipinski definition) is 3. The van der Waals surface area contributed by atoms with E-state index < -0.39 is 0 Å². The Kier molecular flexibility index (Phi) is 3.37. The van der Waals surface area contributed by atoms with Gasteiger partial charge in [0, 0.05) is 5.56 Å². The van der Waals surface area contributed by atoms with Crippen molar-refractivity contribution in [2.45, 2.75) is 6.92 Å². The normalized spacial score (nSPS) is 9.36. The lowest BCUT2D eigenvalue weighted by molar-refractivity contribution is 0.351. The summed E-state index contributed by atoms with van der Waals surface area (Å²) in [6.07, 6.45) is 0. The van der Waals surface area contributed by atoms with Gasteiger partial charge in [0.1, 0.15) is 0 Å². The minimum Gasteiger partial charge on any atom is -0.492 e. The van der Waals surface area contributed by atoms with Crippen LogP contribution in [0.5, 0.6) is 11.5 Å². The van der Waals surface area contributed by atoms with E-state index in [1.54, 1.807) is 20.3 Å². The third kappa shape index (κ3) is 1.68. The second-order valence-electron chi connectivity index (χ2n) is 2.71. The number of ether oxygens (including phenoxy) is 2. The highest BCUT2D eigenvalue weighted by atomic mass is 79.9. The summed E-state index contributed by atoms with van der Waals surface area (Å²) >= 11 is 3.32. The Bertz CT molecular complexity index is 392. The van der Waals surface area contributed by atoms with Crippen molar-refractivity contribution < 1.29 is 9.47 Å². The summed E-state index contributed by atoms with van der Waals surface area (Å²) < 4.78 is 11.1. The molecule has 3 nitrogen and oxygen atoms in total. The van der Waals surface area contributed by atoms with Gasteiger partial charge in [0.15, 0.2) is 11.5 Å². The summed E-state index contributed by atoms with van der Waals surface area (Å²) in [5.74, 6) is 1.21. The number of nitriles is 1. The van der Waals surface area contributed by atoms with Crippen LogP contribution in [0.3, 0.4) is 0 Å². The fraction of sp³-hybridized carbons (Fsp3) is 0.300. The average molecular weight is 256 g/mol. The maximum absolute atomic E-state index is 8.86. The molecule has 1 aromatic rings. The van der Waals surface area contributed by atoms with Gasteiger partial charge in [0.25, 0.3) is 0 Å². The van der Waals surface area contributed by atoms with Gasteiger partial charge < -0.3 is 9.47 Å². The molecule has 0 amide bonds. The molecule has 0 aliphatic heterocycles. The van der Waals surface area contributed by atoms with Gasteiger partial charge in [-0.1, -0.05) is 0 Å². The molecular formula is C10H10BrNO2. The lowest BCUT2D eigenvalue weighted by atomic mass is 10.1. The highest BCUT2D eigenvalue weighted by molar-refractivity contribution is 9.10. The summed E-state index contributed by atoms with van der Waals surface area (Å²) in [7, 11) is 3.12. The van der Waals surface area contributed by atoms with Crippen LogP contribution in [0.4, 0.5) is 0 Å². The van der Waals surface area contributed by atoms with E-state index in [0.717, 1.165) is 10.0 Å². The first kappa shape index (κ1) is 10.9. The molecule has 0 N–H and O–H groups in total. The Labute approximate surface area is 91.4 Å². The molecule has 4 heteroatoms. The van der Waals surface area contributed by atoms with Crippen LogP contribution in [0.15, 0.2) is 10.5 Å². The van der Waals surface area contributed by atoms with E-state index >= 15 is 0 Å². The van der Waals surface area contributed by atoms with Crippen LogP contribution < -0.4 is 9.47 Å². The van der Waals surface area contributed by atoms with Crippen molar-refractivity contribution in [1.82, 2.24) is 0 Å². The summed E-state index contributed by atoms with van der Waals surface area (Å²) in [6, 6.07) is 3.82. The van der Waals surface area contributed by atoms with Crippen LogP contribution in [0.25, 0.3) is 0 Å². The van der Waals surface area contributed by atoms with Gasteiger partial charge in [-0.15, -0.1) is 0 Å². The molecule has 0 saturated carbocycles. The van der Waals surface area contributed by atoms with Crippen LogP contribution in [-0.2, 0) is 0 Å². The Morgan fingerprint density at radius 1 is 1.29 bits per heavy atom. The van der Waals surface area contributed by atoms with Crippen LogP contribution in [-0.4, -0.2) is 14.2 Å². The second kappa shape index (κ2) is 4.34. The van der Waals surface area contributed by atoms with E-state index in [2.05, 4.69) is 22.0 Å². The van der Waals surface area contributed by atoms with Crippen molar-refractivity contribution in [1.29, 1.82) is 5.26 Å². The Morgan fingerprint density at radius 2 is 1.86 bits per heavy atom. The lowest BCUT2D eigenvalue weighted by Crippen LogP contribution is -1.96. The van der Waals surface area contributed by atoms with Crippen LogP contribution in [0.1, 0.15) is 11.1 Å². The van der Waals surface area contributed by atoms with Gasteiger partial charge in [0.05, 0.1) is 30.3 Å². The summed E-state index contributed by atoms with van der Waals surface area (Å²) in [5, 5.41) is 8.86. The molecule has 1 rings (SSSR count). The molecule has 0 fully saturated rings. The SMILES string of the molecule is COc1c(Br)cc(C#N)c(C)c1OC. The average Bonchev–Trinajstić information content (AvgIpc) is 2.20. The van der Waals surface area contributed by atoms with Gasteiger partial charge in [-0.05, 0) is 28.9 Å². The summed E-state index contributed by atoms with van der Waals surface area (Å²) in [4.78, 5) is 0. The van der Waals surface area contributed by atoms with Crippen LogP contribution in [0, 0.1) is 18.3 Å². The maximum atomic E-state index is 8.86. The van der Waals surface area contributed by atoms with Crippen LogP contribution >= 0.6 is 15.9 Å². The molecule has 1 aromatic carbocycles. The summed E-state index contributed by atoms with van der Waals surface area (Å²) in [5.41, 5.74) is 1.37. The minimum absolute atomic E-state index is 0.578. The third-order valence-electron chi connectivity index (χ3n) is 1.97. The number of halogens is 1. The van der Waals surface area contributed by atoms with Gasteiger partial charge >= 0.3 is 0 Å². The molecule has 0 saturated heterocycles. The molecule has 0 spiro atoms. The predicted molar refractivity (Wildman–Crippen MR) is 56.7 cm³/mol. The second-order valence-corrected chi connectivity index (χ2v) is 3.56. The third-order valence-corrected chi connectivity index (χ3v) is 2.56. The monoisotopic (exact) mass is 255 g/mol. The molecule has 0 bridgehead atoms. The van der Waals surface area contributed by atoms with Crippen molar-refractivity contribution in [2.75, 3.05) is 14.2 Å². The molecule has 0 atom stereocenters. The maximum Gasteiger partial charge on any atom is 0.175 e. The van der Waals surface area contributed by atoms with Gasteiger partial charge in [-0.2, -0.15) is 5.26 Å². The zero-order chi connectivity index (χ0) is 10.7. The van der Waals surface area contributed by atoms with E-state index in [1.165, 1.54) is 0 Å². The largest absolute Gasteiger partial charge is 0.492 e. The zero-order valence-electron chi connectivity index (χ0n) is 8.22. The quantitative estimate of drug-likeness (QED) is 0.816. The van der Waals surface area contributed by atoms with E-state index in [4.69, 9.17) is 14.7 Å². The van der Waals surface area contributed by atoms with Crippen LogP contribution in [0.2, 0.25) is 0 Å². The van der Waals surface area contributed by atoms with Gasteiger partial charge in [-0.25, -0.2) is 0 Å². The highest BCUT2D eigenvalue weighted by Crippen LogP contribution is 2.39. The van der Waals surface area contributed by atoms with Crippen molar-refractivity contribution in [3.63, 3.8) is 0 Å². The molecule has 0 aliphatic rings. The standard InChI is InChI=1S/C10H10BrNO2/c1-6-7(5-12)4-8(11)10(14-3)9(6)13-2/h4H,1-3H3. The first-order valence-electron chi connectivity index (χ1n) is 3.96. The smallest absolute Gasteiger partial charge is 0.175 e. The molecule has 74 valence electrons. The molecule has 0 aliphatic carbocycles. The number of rotatable bonds is 2. The van der Waals surface area contributed by atoms with Crippen molar-refractivity contribution >= 4 is 15.9 Å². The fourth-order valence-electron chi connectivity index (χ4n) is 1.25. The van der Waals surface area contributed by atoms with E-state index in [1.807, 2.05) is 6.92 Å². The molecule has 0 aromatic heterocycles. The molecule has 0 heterocycles. The predicted octanol–water partition coefficient (Wildman–Crippen LogP) is 2.65. The van der Waals surface area contributed by atoms with Crippen molar-refractivity contribution in [3.8, 4) is 17.6 Å². The summed E-state index contributed by atoms with van der Waals surface area (Å²) in [6.45, 7) is 1.83. The first-order valence-corrected chi connectivity index (χ1v) is 4.76. The molecule has 0 unspecified atom stereocenters. The Morgan fingerprint density at radius 3 is 2.29 bits per heavy atom. The lowest BCUT2D eigenvalue weighted by Gasteiger charge is -2.12. The fourth-order valence-corrected chi connectivity index (χ4v) is 1.82. The molecule has 14 heavy (non-hydrogen) atoms. The van der Waals surface area contributed by atoms with E-state index in [-0.39, 0.29) is 0 Å². The zero-order valence-corrected chi connectivity index (χ0v) is 9.81. The number of hydrogen-bond donors (Lipinski definition) is 0. The Hall–Kier alpha value is -1.21.